The Bertz CT molecular complexity index is 549. The minimum absolute atomic E-state index is 0.0981. The lowest BCUT2D eigenvalue weighted by Gasteiger charge is -2.26. The van der Waals surface area contributed by atoms with Crippen molar-refractivity contribution >= 4 is 5.70 Å². The number of hydrogen-bond acceptors (Lipinski definition) is 3. The van der Waals surface area contributed by atoms with Gasteiger partial charge in [0.15, 0.2) is 6.79 Å². The molecule has 0 N–H and O–H groups in total. The minimum Gasteiger partial charge on any atom is -0.467 e. The van der Waals surface area contributed by atoms with Gasteiger partial charge >= 0.3 is 0 Å². The zero-order valence-corrected chi connectivity index (χ0v) is 11.0. The number of benzene rings is 1. The smallest absolute Gasteiger partial charge is 0.188 e. The fraction of sp³-hybridized carbons (Fsp3) is 0.200. The van der Waals surface area contributed by atoms with Gasteiger partial charge in [-0.15, -0.1) is 0 Å². The fourth-order valence-corrected chi connectivity index (χ4v) is 1.82. The van der Waals surface area contributed by atoms with Gasteiger partial charge in [-0.05, 0) is 24.3 Å². The average Bonchev–Trinajstić information content (AvgIpc) is 2.40. The van der Waals surface area contributed by atoms with Gasteiger partial charge in [-0.3, -0.25) is 0 Å². The summed E-state index contributed by atoms with van der Waals surface area (Å²) in [4.78, 5) is 1.84. The van der Waals surface area contributed by atoms with Crippen molar-refractivity contribution in [2.45, 2.75) is 0 Å². The van der Waals surface area contributed by atoms with Gasteiger partial charge in [-0.1, -0.05) is 12.7 Å². The molecule has 1 heterocycles. The Morgan fingerprint density at radius 2 is 2.16 bits per heavy atom. The van der Waals surface area contributed by atoms with E-state index in [4.69, 9.17) is 9.47 Å². The SMILES string of the molecule is C=C1C=CC=C(c2ccc(OCOC)cc2F)N1C. The van der Waals surface area contributed by atoms with Crippen molar-refractivity contribution in [3.8, 4) is 5.75 Å². The Morgan fingerprint density at radius 3 is 2.84 bits per heavy atom. The van der Waals surface area contributed by atoms with Gasteiger partial charge in [0.25, 0.3) is 0 Å². The Balaban J connectivity index is 2.28. The zero-order chi connectivity index (χ0) is 13.8. The molecule has 1 aromatic rings. The fourth-order valence-electron chi connectivity index (χ4n) is 1.82. The first-order valence-corrected chi connectivity index (χ1v) is 5.86. The third-order valence-electron chi connectivity index (χ3n) is 2.89. The lowest BCUT2D eigenvalue weighted by atomic mass is 10.1. The molecule has 1 aliphatic rings. The molecule has 3 nitrogen and oxygen atoms in total. The number of halogens is 1. The lowest BCUT2D eigenvalue weighted by molar-refractivity contribution is 0.0509. The maximum Gasteiger partial charge on any atom is 0.188 e. The highest BCUT2D eigenvalue weighted by molar-refractivity contribution is 5.70. The van der Waals surface area contributed by atoms with E-state index in [9.17, 15) is 4.39 Å². The molecule has 0 spiro atoms. The predicted molar refractivity (Wildman–Crippen MR) is 72.9 cm³/mol. The Hall–Kier alpha value is -2.07. The summed E-state index contributed by atoms with van der Waals surface area (Å²) >= 11 is 0. The molecular formula is C15H16FNO2. The number of likely N-dealkylation sites (N-methyl/N-ethyl adjacent to an activating group) is 1. The van der Waals surface area contributed by atoms with Crippen LogP contribution >= 0.6 is 0 Å². The highest BCUT2D eigenvalue weighted by atomic mass is 19.1. The Labute approximate surface area is 112 Å². The van der Waals surface area contributed by atoms with Crippen LogP contribution in [-0.2, 0) is 4.74 Å². The summed E-state index contributed by atoms with van der Waals surface area (Å²) in [6.07, 6.45) is 5.58. The third-order valence-corrected chi connectivity index (χ3v) is 2.89. The molecule has 0 aromatic heterocycles. The van der Waals surface area contributed by atoms with Crippen molar-refractivity contribution in [2.75, 3.05) is 21.0 Å². The number of allylic oxidation sites excluding steroid dienone is 3. The number of rotatable bonds is 4. The molecule has 2 rings (SSSR count). The van der Waals surface area contributed by atoms with Crippen LogP contribution in [0.15, 0.2) is 48.7 Å². The largest absolute Gasteiger partial charge is 0.467 e. The molecule has 0 saturated heterocycles. The summed E-state index contributed by atoms with van der Waals surface area (Å²) in [5, 5.41) is 0. The number of ether oxygens (including phenoxy) is 2. The Kier molecular flexibility index (Phi) is 4.02. The zero-order valence-electron chi connectivity index (χ0n) is 11.0. The molecule has 4 heteroatoms. The van der Waals surface area contributed by atoms with Crippen molar-refractivity contribution in [3.05, 3.63) is 60.1 Å². The summed E-state index contributed by atoms with van der Waals surface area (Å²) < 4.78 is 24.1. The Morgan fingerprint density at radius 1 is 1.37 bits per heavy atom. The maximum absolute atomic E-state index is 14.1. The molecule has 0 atom stereocenters. The summed E-state index contributed by atoms with van der Waals surface area (Å²) in [7, 11) is 3.37. The van der Waals surface area contributed by atoms with E-state index in [1.807, 2.05) is 30.2 Å². The molecule has 0 unspecified atom stereocenters. The van der Waals surface area contributed by atoms with E-state index in [0.717, 1.165) is 11.4 Å². The molecule has 0 bridgehead atoms. The van der Waals surface area contributed by atoms with Crippen molar-refractivity contribution in [1.29, 1.82) is 0 Å². The normalized spacial score (nSPS) is 14.6. The van der Waals surface area contributed by atoms with E-state index in [1.54, 1.807) is 12.1 Å². The minimum atomic E-state index is -0.338. The molecule has 0 saturated carbocycles. The standard InChI is InChI=1S/C15H16FNO2/c1-11-5-4-6-15(17(11)2)13-8-7-12(9-14(13)16)19-10-18-3/h4-9H,1,10H2,2-3H3. The summed E-state index contributed by atoms with van der Waals surface area (Å²) in [5.41, 5.74) is 2.10. The molecule has 0 radical (unpaired) electrons. The molecule has 1 aromatic carbocycles. The van der Waals surface area contributed by atoms with Gasteiger partial charge in [0.1, 0.15) is 11.6 Å². The van der Waals surface area contributed by atoms with Gasteiger partial charge in [0.05, 0.1) is 5.70 Å². The van der Waals surface area contributed by atoms with Gasteiger partial charge in [0.2, 0.25) is 0 Å². The molecule has 0 amide bonds. The van der Waals surface area contributed by atoms with Gasteiger partial charge in [-0.2, -0.15) is 0 Å². The predicted octanol–water partition coefficient (Wildman–Crippen LogP) is 3.16. The summed E-state index contributed by atoms with van der Waals surface area (Å²) in [5.74, 6) is 0.103. The van der Waals surface area contributed by atoms with E-state index < -0.39 is 0 Å². The van der Waals surface area contributed by atoms with Crippen LogP contribution in [0.4, 0.5) is 4.39 Å². The second-order valence-corrected chi connectivity index (χ2v) is 4.15. The first-order chi connectivity index (χ1) is 9.13. The van der Waals surface area contributed by atoms with Crippen molar-refractivity contribution < 1.29 is 13.9 Å². The van der Waals surface area contributed by atoms with Crippen molar-refractivity contribution in [1.82, 2.24) is 4.90 Å². The average molecular weight is 261 g/mol. The molecule has 1 aliphatic heterocycles. The molecule has 19 heavy (non-hydrogen) atoms. The second kappa shape index (κ2) is 5.71. The first kappa shape index (κ1) is 13.4. The molecule has 0 fully saturated rings. The number of hydrogen-bond donors (Lipinski definition) is 0. The van der Waals surface area contributed by atoms with E-state index in [2.05, 4.69) is 6.58 Å². The van der Waals surface area contributed by atoms with E-state index >= 15 is 0 Å². The topological polar surface area (TPSA) is 21.7 Å². The van der Waals surface area contributed by atoms with Crippen LogP contribution in [0.25, 0.3) is 5.70 Å². The second-order valence-electron chi connectivity index (χ2n) is 4.15. The molecule has 100 valence electrons. The quantitative estimate of drug-likeness (QED) is 0.777. The van der Waals surface area contributed by atoms with Crippen LogP contribution in [0, 0.1) is 5.82 Å². The first-order valence-electron chi connectivity index (χ1n) is 5.86. The van der Waals surface area contributed by atoms with Crippen LogP contribution in [0.1, 0.15) is 5.56 Å². The number of methoxy groups -OCH3 is 1. The highest BCUT2D eigenvalue weighted by Gasteiger charge is 2.15. The summed E-state index contributed by atoms with van der Waals surface area (Å²) in [6, 6.07) is 4.76. The van der Waals surface area contributed by atoms with Gasteiger partial charge < -0.3 is 14.4 Å². The van der Waals surface area contributed by atoms with Gasteiger partial charge in [-0.25, -0.2) is 4.39 Å². The third kappa shape index (κ3) is 2.85. The van der Waals surface area contributed by atoms with Crippen LogP contribution in [0.2, 0.25) is 0 Å². The maximum atomic E-state index is 14.1. The number of nitrogens with zero attached hydrogens (tertiary/aromatic N) is 1. The van der Waals surface area contributed by atoms with Crippen molar-refractivity contribution in [2.24, 2.45) is 0 Å². The van der Waals surface area contributed by atoms with Crippen LogP contribution in [-0.4, -0.2) is 25.9 Å². The van der Waals surface area contributed by atoms with Crippen LogP contribution in [0.5, 0.6) is 5.75 Å². The van der Waals surface area contributed by atoms with Crippen LogP contribution < -0.4 is 4.74 Å². The lowest BCUT2D eigenvalue weighted by Crippen LogP contribution is -2.17. The van der Waals surface area contributed by atoms with Gasteiger partial charge in [0, 0.05) is 31.5 Å². The molecular weight excluding hydrogens is 245 g/mol. The van der Waals surface area contributed by atoms with Crippen LogP contribution in [0.3, 0.4) is 0 Å². The summed E-state index contributed by atoms with van der Waals surface area (Å²) in [6.45, 7) is 3.99. The highest BCUT2D eigenvalue weighted by Crippen LogP contribution is 2.29. The van der Waals surface area contributed by atoms with E-state index in [0.29, 0.717) is 11.3 Å². The molecule has 0 aliphatic carbocycles. The van der Waals surface area contributed by atoms with E-state index in [-0.39, 0.29) is 12.6 Å². The van der Waals surface area contributed by atoms with E-state index in [1.165, 1.54) is 13.2 Å². The monoisotopic (exact) mass is 261 g/mol. The van der Waals surface area contributed by atoms with Crippen molar-refractivity contribution in [3.63, 3.8) is 0 Å².